The molecule has 2 N–H and O–H groups in total. The Balaban J connectivity index is 0.00000121. The number of benzene rings is 1. The molecule has 0 aromatic heterocycles. The summed E-state index contributed by atoms with van der Waals surface area (Å²) in [7, 11) is -2.86. The van der Waals surface area contributed by atoms with Gasteiger partial charge in [0, 0.05) is 0 Å². The third-order valence-electron chi connectivity index (χ3n) is 1.35. The van der Waals surface area contributed by atoms with Gasteiger partial charge in [0.05, 0.1) is 0 Å². The van der Waals surface area contributed by atoms with Crippen molar-refractivity contribution >= 4 is 31.1 Å². The van der Waals surface area contributed by atoms with E-state index in [0.717, 1.165) is 0 Å². The quantitative estimate of drug-likeness (QED) is 0.528. The van der Waals surface area contributed by atoms with E-state index >= 15 is 0 Å². The Bertz CT molecular complexity index is 252. The molecule has 5 heteroatoms. The van der Waals surface area contributed by atoms with Crippen molar-refractivity contribution in [1.29, 1.82) is 0 Å². The Morgan fingerprint density at radius 3 is 2.17 bits per heavy atom. The fraction of sp³-hybridized carbons (Fsp3) is 0.143. The van der Waals surface area contributed by atoms with Crippen LogP contribution in [0.5, 0.6) is 0 Å². The molecule has 2 atom stereocenters. The van der Waals surface area contributed by atoms with E-state index in [-0.39, 0.29) is 23.1 Å². The Morgan fingerprint density at radius 2 is 1.75 bits per heavy atom. The first-order valence-electron chi connectivity index (χ1n) is 3.17. The van der Waals surface area contributed by atoms with E-state index in [1.165, 1.54) is 0 Å². The number of aliphatic hydroxyl groups is 1. The third kappa shape index (κ3) is 3.25. The van der Waals surface area contributed by atoms with Crippen molar-refractivity contribution in [3.8, 4) is 0 Å². The molecule has 0 aliphatic heterocycles. The van der Waals surface area contributed by atoms with E-state index in [1.807, 2.05) is 0 Å². The van der Waals surface area contributed by atoms with Crippen LogP contribution in [0.2, 0.25) is 0 Å². The number of hydrogen-bond donors (Lipinski definition) is 2. The van der Waals surface area contributed by atoms with Crippen LogP contribution in [0.3, 0.4) is 0 Å². The minimum Gasteiger partial charge on any atom is -0.378 e. The first-order chi connectivity index (χ1) is 5.22. The van der Waals surface area contributed by atoms with Crippen molar-refractivity contribution in [3.05, 3.63) is 35.9 Å². The average molecular weight is 198 g/mol. The van der Waals surface area contributed by atoms with Crippen LogP contribution in [-0.2, 0) is 4.57 Å². The van der Waals surface area contributed by atoms with Crippen LogP contribution in [0.15, 0.2) is 30.3 Å². The first-order valence-corrected chi connectivity index (χ1v) is 4.61. The second-order valence-corrected chi connectivity index (χ2v) is 3.37. The lowest BCUT2D eigenvalue weighted by atomic mass is 10.2. The molecular weight excluding hydrogens is 187 g/mol. The second kappa shape index (κ2) is 5.73. The molecule has 2 unspecified atom stereocenters. The standard InChI is InChI=1S/C7H9O3P.Mg.2H/c8-7(11(9)10)6-4-2-1-3-5-6;;;/h1-5,7-8,11H,(H,9,10);;;. The molecule has 0 aliphatic carbocycles. The maximum absolute atomic E-state index is 10.4. The van der Waals surface area contributed by atoms with E-state index < -0.39 is 13.9 Å². The molecule has 0 saturated carbocycles. The highest BCUT2D eigenvalue weighted by atomic mass is 31.1. The van der Waals surface area contributed by atoms with Crippen molar-refractivity contribution < 1.29 is 14.6 Å². The van der Waals surface area contributed by atoms with Gasteiger partial charge in [0.2, 0.25) is 8.03 Å². The molecular formula is C7H11MgO3P. The lowest BCUT2D eigenvalue weighted by Gasteiger charge is -2.04. The minimum atomic E-state index is -2.86. The lowest BCUT2D eigenvalue weighted by Crippen LogP contribution is -1.89. The summed E-state index contributed by atoms with van der Waals surface area (Å²) in [5, 5.41) is 9.08. The van der Waals surface area contributed by atoms with Crippen LogP contribution in [-0.4, -0.2) is 33.1 Å². The molecule has 0 radical (unpaired) electrons. The van der Waals surface area contributed by atoms with Crippen LogP contribution in [0, 0.1) is 0 Å². The highest BCUT2D eigenvalue weighted by Crippen LogP contribution is 2.34. The van der Waals surface area contributed by atoms with Gasteiger partial charge in [-0.2, -0.15) is 0 Å². The van der Waals surface area contributed by atoms with E-state index in [2.05, 4.69) is 0 Å². The summed E-state index contributed by atoms with van der Waals surface area (Å²) < 4.78 is 10.4. The predicted octanol–water partition coefficient (Wildman–Crippen LogP) is 0.228. The summed E-state index contributed by atoms with van der Waals surface area (Å²) in [6.45, 7) is 0. The van der Waals surface area contributed by atoms with E-state index in [0.29, 0.717) is 5.56 Å². The molecule has 3 nitrogen and oxygen atoms in total. The Hall–Kier alpha value is 0.136. The van der Waals surface area contributed by atoms with Gasteiger partial charge in [-0.15, -0.1) is 0 Å². The maximum Gasteiger partial charge on any atom is 0.316 e. The molecule has 0 saturated heterocycles. The zero-order chi connectivity index (χ0) is 8.27. The van der Waals surface area contributed by atoms with Gasteiger partial charge in [0.25, 0.3) is 0 Å². The van der Waals surface area contributed by atoms with Crippen LogP contribution >= 0.6 is 8.03 Å². The van der Waals surface area contributed by atoms with Gasteiger partial charge in [-0.05, 0) is 5.56 Å². The van der Waals surface area contributed by atoms with Crippen molar-refractivity contribution in [2.45, 2.75) is 5.85 Å². The number of hydrogen-bond acceptors (Lipinski definition) is 2. The van der Waals surface area contributed by atoms with Gasteiger partial charge in [-0.25, -0.2) is 0 Å². The smallest absolute Gasteiger partial charge is 0.316 e. The van der Waals surface area contributed by atoms with Gasteiger partial charge in [-0.3, -0.25) is 4.57 Å². The van der Waals surface area contributed by atoms with Crippen LogP contribution in [0.25, 0.3) is 0 Å². The fourth-order valence-corrected chi connectivity index (χ4v) is 1.26. The molecule has 1 aromatic carbocycles. The summed E-state index contributed by atoms with van der Waals surface area (Å²) in [4.78, 5) is 8.57. The molecule has 1 aromatic rings. The summed E-state index contributed by atoms with van der Waals surface area (Å²) in [6, 6.07) is 8.43. The van der Waals surface area contributed by atoms with E-state index in [9.17, 15) is 4.57 Å². The van der Waals surface area contributed by atoms with E-state index in [4.69, 9.17) is 10.00 Å². The number of aliphatic hydroxyl groups excluding tert-OH is 1. The largest absolute Gasteiger partial charge is 0.378 e. The minimum absolute atomic E-state index is 0. The first kappa shape index (κ1) is 12.1. The monoisotopic (exact) mass is 198 g/mol. The molecule has 0 aliphatic rings. The van der Waals surface area contributed by atoms with E-state index in [1.54, 1.807) is 30.3 Å². The molecule has 1 rings (SSSR count). The topological polar surface area (TPSA) is 57.5 Å². The normalized spacial score (nSPS) is 14.5. The molecule has 0 fully saturated rings. The SMILES string of the molecule is O=[PH](O)C(O)c1ccccc1.[MgH2]. The van der Waals surface area contributed by atoms with Gasteiger partial charge in [-0.1, -0.05) is 30.3 Å². The highest BCUT2D eigenvalue weighted by Gasteiger charge is 2.10. The third-order valence-corrected chi connectivity index (χ3v) is 2.15. The average Bonchev–Trinajstić information content (AvgIpc) is 2.05. The van der Waals surface area contributed by atoms with Crippen molar-refractivity contribution in [1.82, 2.24) is 0 Å². The molecule has 64 valence electrons. The summed E-state index contributed by atoms with van der Waals surface area (Å²) in [5.74, 6) is -1.22. The zero-order valence-electron chi connectivity index (χ0n) is 5.77. The maximum atomic E-state index is 10.4. The number of rotatable bonds is 2. The second-order valence-electron chi connectivity index (χ2n) is 2.15. The summed E-state index contributed by atoms with van der Waals surface area (Å²) in [6.07, 6.45) is 0. The van der Waals surface area contributed by atoms with Crippen LogP contribution < -0.4 is 0 Å². The van der Waals surface area contributed by atoms with Crippen LogP contribution in [0.4, 0.5) is 0 Å². The summed E-state index contributed by atoms with van der Waals surface area (Å²) >= 11 is 0. The molecule has 0 amide bonds. The van der Waals surface area contributed by atoms with Crippen LogP contribution in [0.1, 0.15) is 11.4 Å². The molecule has 0 heterocycles. The molecule has 12 heavy (non-hydrogen) atoms. The van der Waals surface area contributed by atoms with Gasteiger partial charge in [0.1, 0.15) is 0 Å². The summed E-state index contributed by atoms with van der Waals surface area (Å²) in [5.41, 5.74) is 0.485. The highest BCUT2D eigenvalue weighted by molar-refractivity contribution is 7.38. The molecule has 0 spiro atoms. The lowest BCUT2D eigenvalue weighted by molar-refractivity contribution is 0.243. The van der Waals surface area contributed by atoms with Crippen molar-refractivity contribution in [3.63, 3.8) is 0 Å². The van der Waals surface area contributed by atoms with Gasteiger partial charge >= 0.3 is 23.1 Å². The van der Waals surface area contributed by atoms with Gasteiger partial charge in [0.15, 0.2) is 5.85 Å². The van der Waals surface area contributed by atoms with Gasteiger partial charge < -0.3 is 10.00 Å². The van der Waals surface area contributed by atoms with Crippen molar-refractivity contribution in [2.24, 2.45) is 0 Å². The Kier molecular flexibility index (Phi) is 5.79. The fourth-order valence-electron chi connectivity index (χ4n) is 0.778. The predicted molar refractivity (Wildman–Crippen MR) is 51.2 cm³/mol. The van der Waals surface area contributed by atoms with Crippen molar-refractivity contribution in [2.75, 3.05) is 0 Å². The Labute approximate surface area is 87.4 Å². The zero-order valence-corrected chi connectivity index (χ0v) is 6.77. The Morgan fingerprint density at radius 1 is 1.25 bits per heavy atom. The molecule has 0 bridgehead atoms.